The molecule has 0 saturated heterocycles. The Morgan fingerprint density at radius 1 is 0.853 bits per heavy atom. The summed E-state index contributed by atoms with van der Waals surface area (Å²) >= 11 is 0. The minimum absolute atomic E-state index is 0.0367. The zero-order valence-electron chi connectivity index (χ0n) is 18.2. The molecule has 174 valence electrons. The number of carbonyl (C=O) groups is 1. The van der Waals surface area contributed by atoms with Gasteiger partial charge in [-0.25, -0.2) is 12.8 Å². The highest BCUT2D eigenvalue weighted by Crippen LogP contribution is 2.26. The van der Waals surface area contributed by atoms with Gasteiger partial charge in [0.25, 0.3) is 10.0 Å². The first kappa shape index (κ1) is 23.3. The molecule has 0 fully saturated rings. The molecule has 1 N–H and O–H groups in total. The molecule has 0 aliphatic heterocycles. The van der Waals surface area contributed by atoms with E-state index in [2.05, 4.69) is 5.32 Å². The van der Waals surface area contributed by atoms with Crippen molar-refractivity contribution in [1.82, 2.24) is 5.32 Å². The van der Waals surface area contributed by atoms with Crippen LogP contribution in [0.2, 0.25) is 0 Å². The number of ether oxygens (including phenoxy) is 1. The van der Waals surface area contributed by atoms with Crippen LogP contribution in [0.15, 0.2) is 102 Å². The monoisotopic (exact) mass is 478 g/mol. The summed E-state index contributed by atoms with van der Waals surface area (Å²) in [4.78, 5) is 12.6. The van der Waals surface area contributed by atoms with E-state index in [9.17, 15) is 17.6 Å². The maximum absolute atomic E-state index is 14.5. The van der Waals surface area contributed by atoms with E-state index < -0.39 is 28.3 Å². The predicted octanol–water partition coefficient (Wildman–Crippen LogP) is 4.37. The van der Waals surface area contributed by atoms with E-state index in [1.165, 1.54) is 30.3 Å². The van der Waals surface area contributed by atoms with E-state index in [4.69, 9.17) is 4.74 Å². The van der Waals surface area contributed by atoms with Crippen LogP contribution in [0.25, 0.3) is 10.8 Å². The molecule has 4 aromatic carbocycles. The number of hydrogen-bond donors (Lipinski definition) is 1. The highest BCUT2D eigenvalue weighted by atomic mass is 32.2. The lowest BCUT2D eigenvalue weighted by Crippen LogP contribution is -2.42. The van der Waals surface area contributed by atoms with Crippen LogP contribution in [0.3, 0.4) is 0 Å². The number of para-hydroxylation sites is 1. The van der Waals surface area contributed by atoms with Crippen molar-refractivity contribution in [2.75, 3.05) is 24.0 Å². The van der Waals surface area contributed by atoms with Gasteiger partial charge in [-0.15, -0.1) is 0 Å². The number of halogens is 1. The maximum atomic E-state index is 14.5. The first-order chi connectivity index (χ1) is 16.5. The molecule has 8 heteroatoms. The molecular formula is C26H23FN2O4S. The summed E-state index contributed by atoms with van der Waals surface area (Å²) in [7, 11) is -4.17. The van der Waals surface area contributed by atoms with E-state index in [1.807, 2.05) is 42.5 Å². The van der Waals surface area contributed by atoms with Crippen molar-refractivity contribution >= 4 is 32.4 Å². The van der Waals surface area contributed by atoms with E-state index in [1.54, 1.807) is 18.2 Å². The summed E-state index contributed by atoms with van der Waals surface area (Å²) in [5.74, 6) is -0.634. The Bertz CT molecular complexity index is 1390. The number of nitrogens with one attached hydrogen (secondary N) is 1. The van der Waals surface area contributed by atoms with Crippen LogP contribution in [-0.4, -0.2) is 34.0 Å². The van der Waals surface area contributed by atoms with Gasteiger partial charge in [0.2, 0.25) is 5.91 Å². The fourth-order valence-electron chi connectivity index (χ4n) is 3.53. The number of rotatable bonds is 9. The second kappa shape index (κ2) is 10.4. The van der Waals surface area contributed by atoms with E-state index in [-0.39, 0.29) is 23.7 Å². The fourth-order valence-corrected chi connectivity index (χ4v) is 4.98. The minimum atomic E-state index is -4.17. The Kier molecular flexibility index (Phi) is 7.08. The topological polar surface area (TPSA) is 75.7 Å². The molecule has 0 atom stereocenters. The predicted molar refractivity (Wildman–Crippen MR) is 130 cm³/mol. The first-order valence-electron chi connectivity index (χ1n) is 10.7. The van der Waals surface area contributed by atoms with E-state index in [0.717, 1.165) is 21.1 Å². The zero-order valence-corrected chi connectivity index (χ0v) is 19.0. The molecule has 0 saturated carbocycles. The molecular weight excluding hydrogens is 455 g/mol. The van der Waals surface area contributed by atoms with Crippen LogP contribution in [0.5, 0.6) is 5.75 Å². The number of hydrogen-bond acceptors (Lipinski definition) is 4. The Morgan fingerprint density at radius 2 is 1.53 bits per heavy atom. The standard InChI is InChI=1S/C26H23FN2O4S/c27-23-14-6-7-15-24(23)29(34(31,32)21-11-2-1-3-12-21)19-26(30)28-17-18-33-25-16-8-10-20-9-4-5-13-22(20)25/h1-16H,17-19H2,(H,28,30). The molecule has 0 bridgehead atoms. The highest BCUT2D eigenvalue weighted by Gasteiger charge is 2.28. The van der Waals surface area contributed by atoms with Crippen LogP contribution in [-0.2, 0) is 14.8 Å². The normalized spacial score (nSPS) is 11.2. The third kappa shape index (κ3) is 5.18. The van der Waals surface area contributed by atoms with Gasteiger partial charge >= 0.3 is 0 Å². The largest absolute Gasteiger partial charge is 0.491 e. The summed E-state index contributed by atoms with van der Waals surface area (Å²) in [5.41, 5.74) is -0.200. The third-order valence-electron chi connectivity index (χ3n) is 5.17. The van der Waals surface area contributed by atoms with Gasteiger partial charge in [0.1, 0.15) is 24.7 Å². The quantitative estimate of drug-likeness (QED) is 0.363. The molecule has 0 heterocycles. The lowest BCUT2D eigenvalue weighted by atomic mass is 10.1. The van der Waals surface area contributed by atoms with Crippen LogP contribution in [0.1, 0.15) is 0 Å². The lowest BCUT2D eigenvalue weighted by Gasteiger charge is -2.24. The first-order valence-corrected chi connectivity index (χ1v) is 12.1. The number of sulfonamides is 1. The third-order valence-corrected chi connectivity index (χ3v) is 6.94. The second-order valence-electron chi connectivity index (χ2n) is 7.45. The molecule has 1 amide bonds. The Hall–Kier alpha value is -3.91. The molecule has 0 radical (unpaired) electrons. The number of fused-ring (bicyclic) bond motifs is 1. The van der Waals surface area contributed by atoms with Gasteiger partial charge in [0, 0.05) is 5.39 Å². The van der Waals surface area contributed by atoms with Gasteiger partial charge in [-0.1, -0.05) is 66.7 Å². The molecule has 0 aliphatic rings. The summed E-state index contributed by atoms with van der Waals surface area (Å²) in [6.45, 7) is -0.240. The molecule has 34 heavy (non-hydrogen) atoms. The second-order valence-corrected chi connectivity index (χ2v) is 9.31. The smallest absolute Gasteiger partial charge is 0.264 e. The van der Waals surface area contributed by atoms with E-state index in [0.29, 0.717) is 5.75 Å². The average Bonchev–Trinajstić information content (AvgIpc) is 2.86. The van der Waals surface area contributed by atoms with Crippen molar-refractivity contribution in [1.29, 1.82) is 0 Å². The lowest BCUT2D eigenvalue weighted by molar-refractivity contribution is -0.119. The van der Waals surface area contributed by atoms with Gasteiger partial charge in [0.15, 0.2) is 0 Å². The van der Waals surface area contributed by atoms with Crippen molar-refractivity contribution < 1.29 is 22.3 Å². The van der Waals surface area contributed by atoms with Gasteiger partial charge in [-0.3, -0.25) is 9.10 Å². The van der Waals surface area contributed by atoms with Gasteiger partial charge < -0.3 is 10.1 Å². The van der Waals surface area contributed by atoms with Crippen molar-refractivity contribution in [2.45, 2.75) is 4.90 Å². The van der Waals surface area contributed by atoms with Crippen LogP contribution in [0, 0.1) is 5.82 Å². The Labute approximate surface area is 197 Å². The number of anilines is 1. The van der Waals surface area contributed by atoms with Gasteiger partial charge in [-0.2, -0.15) is 0 Å². The number of amides is 1. The van der Waals surface area contributed by atoms with Gasteiger partial charge in [0.05, 0.1) is 17.1 Å². The maximum Gasteiger partial charge on any atom is 0.264 e. The summed E-state index contributed by atoms with van der Waals surface area (Å²) in [5, 5.41) is 4.64. The molecule has 4 rings (SSSR count). The van der Waals surface area contributed by atoms with Crippen molar-refractivity contribution in [3.63, 3.8) is 0 Å². The molecule has 0 aliphatic carbocycles. The van der Waals surface area contributed by atoms with Crippen molar-refractivity contribution in [2.24, 2.45) is 0 Å². The number of benzene rings is 4. The SMILES string of the molecule is O=C(CN(c1ccccc1F)S(=O)(=O)c1ccccc1)NCCOc1cccc2ccccc12. The van der Waals surface area contributed by atoms with Crippen LogP contribution < -0.4 is 14.4 Å². The van der Waals surface area contributed by atoms with Crippen molar-refractivity contribution in [3.8, 4) is 5.75 Å². The van der Waals surface area contributed by atoms with Crippen LogP contribution in [0.4, 0.5) is 10.1 Å². The molecule has 0 spiro atoms. The Balaban J connectivity index is 1.44. The summed E-state index contributed by atoms with van der Waals surface area (Å²) in [6.07, 6.45) is 0. The number of carbonyl (C=O) groups excluding carboxylic acids is 1. The Morgan fingerprint density at radius 3 is 2.32 bits per heavy atom. The molecule has 6 nitrogen and oxygen atoms in total. The molecule has 4 aromatic rings. The highest BCUT2D eigenvalue weighted by molar-refractivity contribution is 7.92. The molecule has 0 unspecified atom stereocenters. The zero-order chi connectivity index (χ0) is 24.0. The van der Waals surface area contributed by atoms with E-state index >= 15 is 0 Å². The summed E-state index contributed by atoms with van der Waals surface area (Å²) in [6, 6.07) is 26.6. The summed E-state index contributed by atoms with van der Waals surface area (Å²) < 4.78 is 47.5. The van der Waals surface area contributed by atoms with Crippen molar-refractivity contribution in [3.05, 3.63) is 103 Å². The number of nitrogens with zero attached hydrogens (tertiary/aromatic N) is 1. The molecule has 0 aromatic heterocycles. The fraction of sp³-hybridized carbons (Fsp3) is 0.115. The van der Waals surface area contributed by atoms with Gasteiger partial charge in [-0.05, 0) is 35.7 Å². The van der Waals surface area contributed by atoms with Crippen LogP contribution >= 0.6 is 0 Å². The minimum Gasteiger partial charge on any atom is -0.491 e. The average molecular weight is 479 g/mol.